The second kappa shape index (κ2) is 6.52. The number of hydrogen-bond acceptors (Lipinski definition) is 4. The third kappa shape index (κ3) is 3.02. The van der Waals surface area contributed by atoms with E-state index >= 15 is 0 Å². The van der Waals surface area contributed by atoms with Gasteiger partial charge in [-0.1, -0.05) is 0 Å². The topological polar surface area (TPSA) is 44.8 Å². The minimum atomic E-state index is -0.353. The molecule has 0 unspecified atom stereocenters. The fourth-order valence-electron chi connectivity index (χ4n) is 3.15. The zero-order valence-electron chi connectivity index (χ0n) is 12.8. The molecule has 2 saturated heterocycles. The van der Waals surface area contributed by atoms with Gasteiger partial charge >= 0.3 is 0 Å². The van der Waals surface area contributed by atoms with Gasteiger partial charge in [0.05, 0.1) is 13.2 Å². The van der Waals surface area contributed by atoms with Crippen molar-refractivity contribution >= 4 is 11.6 Å². The first kappa shape index (κ1) is 15.1. The Hall–Kier alpha value is -1.82. The molecule has 1 aromatic carbocycles. The molecule has 1 amide bonds. The van der Waals surface area contributed by atoms with Crippen molar-refractivity contribution < 1.29 is 13.9 Å². The highest BCUT2D eigenvalue weighted by Crippen LogP contribution is 2.24. The van der Waals surface area contributed by atoms with Gasteiger partial charge < -0.3 is 19.9 Å². The van der Waals surface area contributed by atoms with E-state index in [0.717, 1.165) is 38.2 Å². The molecule has 120 valence electrons. The largest absolute Gasteiger partial charge is 0.494 e. The van der Waals surface area contributed by atoms with Crippen LogP contribution in [0.15, 0.2) is 18.2 Å². The van der Waals surface area contributed by atoms with Crippen molar-refractivity contribution in [2.75, 3.05) is 44.7 Å². The van der Waals surface area contributed by atoms with E-state index < -0.39 is 0 Å². The Morgan fingerprint density at radius 1 is 1.32 bits per heavy atom. The Kier molecular flexibility index (Phi) is 4.47. The SMILES string of the molecule is COc1ccc(N2CCN(C(=O)[C@H]3CCCN3)CC2)cc1F. The van der Waals surface area contributed by atoms with E-state index in [2.05, 4.69) is 10.2 Å². The highest BCUT2D eigenvalue weighted by Gasteiger charge is 2.29. The van der Waals surface area contributed by atoms with Crippen LogP contribution in [0.5, 0.6) is 5.75 Å². The third-order valence-corrected chi connectivity index (χ3v) is 4.45. The van der Waals surface area contributed by atoms with Crippen molar-refractivity contribution in [3.05, 3.63) is 24.0 Å². The van der Waals surface area contributed by atoms with Crippen LogP contribution in [0.3, 0.4) is 0 Å². The van der Waals surface area contributed by atoms with Gasteiger partial charge in [-0.05, 0) is 31.5 Å². The predicted octanol–water partition coefficient (Wildman–Crippen LogP) is 1.23. The first-order valence-corrected chi connectivity index (χ1v) is 7.79. The molecule has 2 aliphatic heterocycles. The van der Waals surface area contributed by atoms with Gasteiger partial charge in [-0.3, -0.25) is 4.79 Å². The molecule has 0 spiro atoms. The van der Waals surface area contributed by atoms with Crippen molar-refractivity contribution in [2.24, 2.45) is 0 Å². The maximum absolute atomic E-state index is 13.8. The van der Waals surface area contributed by atoms with Crippen LogP contribution in [0.4, 0.5) is 10.1 Å². The van der Waals surface area contributed by atoms with Crippen LogP contribution < -0.4 is 15.0 Å². The summed E-state index contributed by atoms with van der Waals surface area (Å²) in [5, 5.41) is 3.25. The van der Waals surface area contributed by atoms with Crippen LogP contribution >= 0.6 is 0 Å². The van der Waals surface area contributed by atoms with Gasteiger partial charge in [0.25, 0.3) is 0 Å². The number of nitrogens with zero attached hydrogens (tertiary/aromatic N) is 2. The monoisotopic (exact) mass is 307 g/mol. The summed E-state index contributed by atoms with van der Waals surface area (Å²) in [6.45, 7) is 3.76. The second-order valence-electron chi connectivity index (χ2n) is 5.78. The number of carbonyl (C=O) groups excluding carboxylic acids is 1. The molecule has 0 saturated carbocycles. The van der Waals surface area contributed by atoms with Crippen LogP contribution in [0.1, 0.15) is 12.8 Å². The third-order valence-electron chi connectivity index (χ3n) is 4.45. The summed E-state index contributed by atoms with van der Waals surface area (Å²) in [5.41, 5.74) is 0.837. The quantitative estimate of drug-likeness (QED) is 0.912. The van der Waals surface area contributed by atoms with E-state index in [4.69, 9.17) is 4.74 Å². The lowest BCUT2D eigenvalue weighted by Crippen LogP contribution is -2.53. The first-order chi connectivity index (χ1) is 10.7. The summed E-state index contributed by atoms with van der Waals surface area (Å²) in [5.74, 6) is 0.108. The Morgan fingerprint density at radius 2 is 2.09 bits per heavy atom. The Bertz CT molecular complexity index is 538. The van der Waals surface area contributed by atoms with Gasteiger partial charge in [-0.15, -0.1) is 0 Å². The van der Waals surface area contributed by atoms with Gasteiger partial charge in [0.2, 0.25) is 5.91 Å². The number of carbonyl (C=O) groups is 1. The molecule has 0 radical (unpaired) electrons. The lowest BCUT2D eigenvalue weighted by molar-refractivity contribution is -0.133. The molecule has 2 fully saturated rings. The molecule has 6 heteroatoms. The number of amides is 1. The van der Waals surface area contributed by atoms with Crippen LogP contribution in [-0.2, 0) is 4.79 Å². The number of halogens is 1. The number of nitrogens with one attached hydrogen (secondary N) is 1. The van der Waals surface area contributed by atoms with Gasteiger partial charge in [-0.25, -0.2) is 4.39 Å². The van der Waals surface area contributed by atoms with E-state index in [1.807, 2.05) is 11.0 Å². The summed E-state index contributed by atoms with van der Waals surface area (Å²) in [6.07, 6.45) is 2.00. The molecule has 1 atom stereocenters. The number of methoxy groups -OCH3 is 1. The van der Waals surface area contributed by atoms with Crippen LogP contribution in [0.25, 0.3) is 0 Å². The number of rotatable bonds is 3. The zero-order valence-corrected chi connectivity index (χ0v) is 12.8. The highest BCUT2D eigenvalue weighted by atomic mass is 19.1. The summed E-state index contributed by atoms with van der Waals surface area (Å²) in [4.78, 5) is 16.4. The van der Waals surface area contributed by atoms with Gasteiger partial charge in [-0.2, -0.15) is 0 Å². The van der Waals surface area contributed by atoms with E-state index in [-0.39, 0.29) is 23.5 Å². The smallest absolute Gasteiger partial charge is 0.239 e. The van der Waals surface area contributed by atoms with Gasteiger partial charge in [0.1, 0.15) is 0 Å². The number of ether oxygens (including phenoxy) is 1. The fourth-order valence-corrected chi connectivity index (χ4v) is 3.15. The van der Waals surface area contributed by atoms with Gasteiger partial charge in [0, 0.05) is 37.9 Å². The number of benzene rings is 1. The van der Waals surface area contributed by atoms with Crippen molar-refractivity contribution in [1.82, 2.24) is 10.2 Å². The zero-order chi connectivity index (χ0) is 15.5. The lowest BCUT2D eigenvalue weighted by Gasteiger charge is -2.37. The van der Waals surface area contributed by atoms with Crippen molar-refractivity contribution in [3.8, 4) is 5.75 Å². The molecule has 2 heterocycles. The Balaban J connectivity index is 1.59. The molecule has 1 aromatic rings. The van der Waals surface area contributed by atoms with Crippen LogP contribution in [0, 0.1) is 5.82 Å². The van der Waals surface area contributed by atoms with Crippen molar-refractivity contribution in [3.63, 3.8) is 0 Å². The maximum Gasteiger partial charge on any atom is 0.239 e. The second-order valence-corrected chi connectivity index (χ2v) is 5.78. The molecule has 2 aliphatic rings. The average Bonchev–Trinajstić information content (AvgIpc) is 3.09. The molecule has 22 heavy (non-hydrogen) atoms. The summed E-state index contributed by atoms with van der Waals surface area (Å²) < 4.78 is 18.7. The van der Waals surface area contributed by atoms with Crippen LogP contribution in [0.2, 0.25) is 0 Å². The predicted molar refractivity (Wildman–Crippen MR) is 82.8 cm³/mol. The molecular formula is C16H22FN3O2. The van der Waals surface area contributed by atoms with Crippen molar-refractivity contribution in [2.45, 2.75) is 18.9 Å². The maximum atomic E-state index is 13.8. The number of piperazine rings is 1. The average molecular weight is 307 g/mol. The number of hydrogen-bond donors (Lipinski definition) is 1. The minimum absolute atomic E-state index is 0.00928. The normalized spacial score (nSPS) is 22.0. The molecular weight excluding hydrogens is 285 g/mol. The Labute approximate surface area is 130 Å². The summed E-state index contributed by atoms with van der Waals surface area (Å²) in [7, 11) is 1.46. The highest BCUT2D eigenvalue weighted by molar-refractivity contribution is 5.82. The molecule has 1 N–H and O–H groups in total. The minimum Gasteiger partial charge on any atom is -0.494 e. The molecule has 3 rings (SSSR count). The first-order valence-electron chi connectivity index (χ1n) is 7.79. The van der Waals surface area contributed by atoms with E-state index in [1.54, 1.807) is 6.07 Å². The molecule has 0 aromatic heterocycles. The lowest BCUT2D eigenvalue weighted by atomic mass is 10.1. The summed E-state index contributed by atoms with van der Waals surface area (Å²) >= 11 is 0. The standard InChI is InChI=1S/C16H22FN3O2/c1-22-15-5-4-12(11-13(15)17)19-7-9-20(10-8-19)16(21)14-3-2-6-18-14/h4-5,11,14,18H,2-3,6-10H2,1H3/t14-/m1/s1. The van der Waals surface area contributed by atoms with E-state index in [1.165, 1.54) is 13.2 Å². The molecule has 5 nitrogen and oxygen atoms in total. The van der Waals surface area contributed by atoms with Crippen molar-refractivity contribution in [1.29, 1.82) is 0 Å². The Morgan fingerprint density at radius 3 is 2.68 bits per heavy atom. The molecule has 0 bridgehead atoms. The van der Waals surface area contributed by atoms with Gasteiger partial charge in [0.15, 0.2) is 11.6 Å². The van der Waals surface area contributed by atoms with E-state index in [9.17, 15) is 9.18 Å². The number of anilines is 1. The molecule has 0 aliphatic carbocycles. The fraction of sp³-hybridized carbons (Fsp3) is 0.562. The summed E-state index contributed by atoms with van der Waals surface area (Å²) in [6, 6.07) is 4.99. The van der Waals surface area contributed by atoms with Crippen LogP contribution in [-0.4, -0.2) is 56.7 Å². The van der Waals surface area contributed by atoms with E-state index in [0.29, 0.717) is 13.1 Å².